The van der Waals surface area contributed by atoms with Gasteiger partial charge in [0.15, 0.2) is 0 Å². The molecule has 6 nitrogen and oxygen atoms in total. The maximum Gasteiger partial charge on any atom is 0.270 e. The zero-order chi connectivity index (χ0) is 17.6. The Morgan fingerprint density at radius 1 is 1.17 bits per heavy atom. The number of hydrogen-bond acceptors (Lipinski definition) is 5. The second kappa shape index (κ2) is 8.27. The molecule has 0 saturated carbocycles. The summed E-state index contributed by atoms with van der Waals surface area (Å²) in [6.07, 6.45) is 0. The maximum atomic E-state index is 12.1. The fourth-order valence-corrected chi connectivity index (χ4v) is 4.09. The molecule has 0 heterocycles. The molecule has 0 atom stereocenters. The third kappa shape index (κ3) is 5.33. The summed E-state index contributed by atoms with van der Waals surface area (Å²) in [5.74, 6) is 1.42. The van der Waals surface area contributed by atoms with E-state index in [1.54, 1.807) is 11.8 Å². The number of thioether (sulfide) groups is 1. The van der Waals surface area contributed by atoms with Gasteiger partial charge in [-0.3, -0.25) is 10.1 Å². The number of benzene rings is 2. The monoisotopic (exact) mass is 366 g/mol. The van der Waals surface area contributed by atoms with E-state index in [9.17, 15) is 18.5 Å². The van der Waals surface area contributed by atoms with Gasteiger partial charge in [-0.1, -0.05) is 35.9 Å². The molecule has 0 aliphatic heterocycles. The van der Waals surface area contributed by atoms with Crippen molar-refractivity contribution in [3.63, 3.8) is 0 Å². The molecule has 2 aromatic rings. The summed E-state index contributed by atoms with van der Waals surface area (Å²) in [6, 6.07) is 13.2. The second-order valence-electron chi connectivity index (χ2n) is 5.19. The van der Waals surface area contributed by atoms with Gasteiger partial charge in [0.25, 0.3) is 5.69 Å². The third-order valence-electron chi connectivity index (χ3n) is 3.23. The number of aryl methyl sites for hydroxylation is 1. The van der Waals surface area contributed by atoms with Gasteiger partial charge in [-0.25, -0.2) is 13.1 Å². The lowest BCUT2D eigenvalue weighted by atomic mass is 10.2. The van der Waals surface area contributed by atoms with Gasteiger partial charge in [-0.2, -0.15) is 11.8 Å². The molecule has 0 fully saturated rings. The molecule has 2 aromatic carbocycles. The van der Waals surface area contributed by atoms with Crippen LogP contribution in [0.4, 0.5) is 5.69 Å². The van der Waals surface area contributed by atoms with Crippen LogP contribution >= 0.6 is 11.8 Å². The van der Waals surface area contributed by atoms with Crippen LogP contribution in [-0.2, 0) is 15.8 Å². The lowest BCUT2D eigenvalue weighted by Crippen LogP contribution is -2.26. The minimum Gasteiger partial charge on any atom is -0.258 e. The van der Waals surface area contributed by atoms with Crippen LogP contribution in [-0.4, -0.2) is 25.6 Å². The van der Waals surface area contributed by atoms with Gasteiger partial charge >= 0.3 is 0 Å². The summed E-state index contributed by atoms with van der Waals surface area (Å²) in [6.45, 7) is 2.29. The SMILES string of the molecule is Cc1cccc(CSCCNS(=O)(=O)c2cccc([N+](=O)[O-])c2)c1. The molecule has 1 N–H and O–H groups in total. The van der Waals surface area contributed by atoms with Crippen LogP contribution in [0.25, 0.3) is 0 Å². The average molecular weight is 366 g/mol. The van der Waals surface area contributed by atoms with E-state index >= 15 is 0 Å². The number of hydrogen-bond donors (Lipinski definition) is 1. The number of nitro groups is 1. The van der Waals surface area contributed by atoms with Crippen LogP contribution in [0, 0.1) is 17.0 Å². The van der Waals surface area contributed by atoms with Crippen LogP contribution in [0.5, 0.6) is 0 Å². The molecule has 8 heteroatoms. The van der Waals surface area contributed by atoms with Crippen LogP contribution in [0.15, 0.2) is 53.4 Å². The highest BCUT2D eigenvalue weighted by atomic mass is 32.2. The Morgan fingerprint density at radius 2 is 1.92 bits per heavy atom. The van der Waals surface area contributed by atoms with Gasteiger partial charge < -0.3 is 0 Å². The quantitative estimate of drug-likeness (QED) is 0.440. The van der Waals surface area contributed by atoms with Crippen molar-refractivity contribution in [2.75, 3.05) is 12.3 Å². The van der Waals surface area contributed by atoms with E-state index in [2.05, 4.69) is 10.8 Å². The van der Waals surface area contributed by atoms with Crippen LogP contribution in [0.3, 0.4) is 0 Å². The fraction of sp³-hybridized carbons (Fsp3) is 0.250. The molecule has 0 aromatic heterocycles. The second-order valence-corrected chi connectivity index (χ2v) is 8.07. The van der Waals surface area contributed by atoms with Gasteiger partial charge in [-0.05, 0) is 18.6 Å². The number of nitrogens with zero attached hydrogens (tertiary/aromatic N) is 1. The van der Waals surface area contributed by atoms with Crippen molar-refractivity contribution in [3.05, 3.63) is 69.8 Å². The number of nitro benzene ring substituents is 1. The molecule has 2 rings (SSSR count). The van der Waals surface area contributed by atoms with E-state index in [-0.39, 0.29) is 17.1 Å². The minimum atomic E-state index is -3.74. The Bertz CT molecular complexity index is 822. The molecule has 0 bridgehead atoms. The van der Waals surface area contributed by atoms with Gasteiger partial charge in [0.05, 0.1) is 9.82 Å². The average Bonchev–Trinajstić information content (AvgIpc) is 2.54. The molecular formula is C16H18N2O4S2. The van der Waals surface area contributed by atoms with E-state index in [1.807, 2.05) is 25.1 Å². The van der Waals surface area contributed by atoms with Crippen molar-refractivity contribution in [2.24, 2.45) is 0 Å². The zero-order valence-corrected chi connectivity index (χ0v) is 14.8. The molecule has 0 aliphatic rings. The summed E-state index contributed by atoms with van der Waals surface area (Å²) in [4.78, 5) is 10.0. The normalized spacial score (nSPS) is 11.4. The minimum absolute atomic E-state index is 0.0969. The molecular weight excluding hydrogens is 348 g/mol. The highest BCUT2D eigenvalue weighted by molar-refractivity contribution is 7.98. The molecule has 0 unspecified atom stereocenters. The zero-order valence-electron chi connectivity index (χ0n) is 13.1. The number of nitrogens with one attached hydrogen (secondary N) is 1. The summed E-state index contributed by atoms with van der Waals surface area (Å²) < 4.78 is 26.8. The molecule has 0 aliphatic carbocycles. The molecule has 24 heavy (non-hydrogen) atoms. The van der Waals surface area contributed by atoms with E-state index in [4.69, 9.17) is 0 Å². The first-order chi connectivity index (χ1) is 11.4. The van der Waals surface area contributed by atoms with Crippen molar-refractivity contribution >= 4 is 27.5 Å². The summed E-state index contributed by atoms with van der Waals surface area (Å²) >= 11 is 1.62. The summed E-state index contributed by atoms with van der Waals surface area (Å²) in [5.41, 5.74) is 2.15. The largest absolute Gasteiger partial charge is 0.270 e. The molecule has 128 valence electrons. The maximum absolute atomic E-state index is 12.1. The highest BCUT2D eigenvalue weighted by Crippen LogP contribution is 2.17. The van der Waals surface area contributed by atoms with Gasteiger partial charge in [0.1, 0.15) is 0 Å². The first-order valence-corrected chi connectivity index (χ1v) is 9.90. The van der Waals surface area contributed by atoms with Crippen LogP contribution < -0.4 is 4.72 Å². The van der Waals surface area contributed by atoms with Crippen molar-refractivity contribution in [1.29, 1.82) is 0 Å². The Hall–Kier alpha value is -1.90. The molecule has 0 radical (unpaired) electrons. The van der Waals surface area contributed by atoms with Crippen LogP contribution in [0.2, 0.25) is 0 Å². The standard InChI is InChI=1S/C16H18N2O4S2/c1-13-4-2-5-14(10-13)12-23-9-8-17-24(21,22)16-7-3-6-15(11-16)18(19)20/h2-7,10-11,17H,8-9,12H2,1H3. The third-order valence-corrected chi connectivity index (χ3v) is 5.72. The Labute approximate surface area is 145 Å². The van der Waals surface area contributed by atoms with E-state index in [1.165, 1.54) is 29.3 Å². The topological polar surface area (TPSA) is 89.3 Å². The smallest absolute Gasteiger partial charge is 0.258 e. The summed E-state index contributed by atoms with van der Waals surface area (Å²) in [5, 5.41) is 10.7. The van der Waals surface area contributed by atoms with Crippen molar-refractivity contribution in [2.45, 2.75) is 17.6 Å². The summed E-state index contributed by atoms with van der Waals surface area (Å²) in [7, 11) is -3.74. The number of rotatable bonds is 8. The van der Waals surface area contributed by atoms with E-state index in [0.717, 1.165) is 11.8 Å². The van der Waals surface area contributed by atoms with E-state index < -0.39 is 14.9 Å². The fourth-order valence-electron chi connectivity index (χ4n) is 2.09. The van der Waals surface area contributed by atoms with Crippen molar-refractivity contribution in [3.8, 4) is 0 Å². The van der Waals surface area contributed by atoms with Crippen molar-refractivity contribution < 1.29 is 13.3 Å². The van der Waals surface area contributed by atoms with Crippen LogP contribution in [0.1, 0.15) is 11.1 Å². The Balaban J connectivity index is 1.85. The number of sulfonamides is 1. The number of non-ortho nitro benzene ring substituents is 1. The Kier molecular flexibility index (Phi) is 6.36. The highest BCUT2D eigenvalue weighted by Gasteiger charge is 2.16. The Morgan fingerprint density at radius 3 is 2.62 bits per heavy atom. The first-order valence-electron chi connectivity index (χ1n) is 7.26. The molecule has 0 amide bonds. The van der Waals surface area contributed by atoms with Crippen molar-refractivity contribution in [1.82, 2.24) is 4.72 Å². The predicted octanol–water partition coefficient (Wildman–Crippen LogP) is 3.11. The van der Waals surface area contributed by atoms with Gasteiger partial charge in [-0.15, -0.1) is 0 Å². The first kappa shape index (κ1) is 18.4. The molecule has 0 spiro atoms. The van der Waals surface area contributed by atoms with Gasteiger partial charge in [0, 0.05) is 30.2 Å². The lowest BCUT2D eigenvalue weighted by Gasteiger charge is -2.07. The lowest BCUT2D eigenvalue weighted by molar-refractivity contribution is -0.385. The van der Waals surface area contributed by atoms with Gasteiger partial charge in [0.2, 0.25) is 10.0 Å². The van der Waals surface area contributed by atoms with E-state index in [0.29, 0.717) is 5.75 Å². The predicted molar refractivity (Wildman–Crippen MR) is 95.6 cm³/mol. The molecule has 0 saturated heterocycles.